The van der Waals surface area contributed by atoms with Crippen LogP contribution in [0.25, 0.3) is 0 Å². The van der Waals surface area contributed by atoms with Crippen LogP contribution in [0.4, 0.5) is 13.6 Å². The van der Waals surface area contributed by atoms with Crippen LogP contribution in [0.5, 0.6) is 0 Å². The highest BCUT2D eigenvalue weighted by Crippen LogP contribution is 2.29. The van der Waals surface area contributed by atoms with Crippen molar-refractivity contribution in [3.05, 3.63) is 70.3 Å². The SMILES string of the molecule is CCc1ccc2c(c1)[C@@H](NC[C@@H](O)[C@H](Cc1cc(F)cc(F)c1)NC(=O)O)CS(=O)(=O)C2. The molecule has 3 atom stereocenters. The molecule has 1 aliphatic rings. The quantitative estimate of drug-likeness (QED) is 0.473. The zero-order valence-electron chi connectivity index (χ0n) is 17.5. The summed E-state index contributed by atoms with van der Waals surface area (Å²) in [4.78, 5) is 11.2. The molecule has 0 radical (unpaired) electrons. The molecule has 1 amide bonds. The number of hydrogen-bond donors (Lipinski definition) is 4. The third kappa shape index (κ3) is 6.24. The molecule has 4 N–H and O–H groups in total. The van der Waals surface area contributed by atoms with Crippen LogP contribution >= 0.6 is 0 Å². The van der Waals surface area contributed by atoms with E-state index in [1.807, 2.05) is 19.1 Å². The standard InChI is InChI=1S/C22H26F2N2O5S/c1-2-13-3-4-15-11-32(30,31)12-20(18(15)7-13)25-10-21(27)19(26-22(28)29)8-14-5-16(23)9-17(24)6-14/h3-7,9,19-21,25-27H,2,8,10-12H2,1H3,(H,28,29)/t19-,20-,21+/m0/s1. The number of aryl methyl sites for hydroxylation is 1. The van der Waals surface area contributed by atoms with Crippen LogP contribution in [0.3, 0.4) is 0 Å². The molecule has 0 spiro atoms. The maximum atomic E-state index is 13.5. The van der Waals surface area contributed by atoms with E-state index in [-0.39, 0.29) is 30.0 Å². The van der Waals surface area contributed by atoms with Gasteiger partial charge in [0.05, 0.1) is 23.7 Å². The summed E-state index contributed by atoms with van der Waals surface area (Å²) in [7, 11) is -3.35. The number of sulfone groups is 1. The normalized spacial score (nSPS) is 19.1. The number of amides is 1. The van der Waals surface area contributed by atoms with E-state index < -0.39 is 45.8 Å². The molecule has 0 saturated carbocycles. The fourth-order valence-electron chi connectivity index (χ4n) is 3.96. The molecule has 7 nitrogen and oxygen atoms in total. The maximum absolute atomic E-state index is 13.5. The highest BCUT2D eigenvalue weighted by Gasteiger charge is 2.31. The Labute approximate surface area is 185 Å². The lowest BCUT2D eigenvalue weighted by Crippen LogP contribution is -2.49. The number of halogens is 2. The molecule has 1 heterocycles. The first-order valence-corrected chi connectivity index (χ1v) is 12.1. The van der Waals surface area contributed by atoms with E-state index in [2.05, 4.69) is 10.6 Å². The van der Waals surface area contributed by atoms with Crippen LogP contribution in [0, 0.1) is 11.6 Å². The van der Waals surface area contributed by atoms with E-state index in [1.54, 1.807) is 6.07 Å². The molecule has 0 unspecified atom stereocenters. The van der Waals surface area contributed by atoms with E-state index in [1.165, 1.54) is 0 Å². The first-order valence-electron chi connectivity index (χ1n) is 10.2. The number of carbonyl (C=O) groups is 1. The molecule has 0 aromatic heterocycles. The molecule has 0 bridgehead atoms. The number of rotatable bonds is 8. The molecule has 0 aliphatic carbocycles. The van der Waals surface area contributed by atoms with Crippen molar-refractivity contribution in [1.29, 1.82) is 0 Å². The summed E-state index contributed by atoms with van der Waals surface area (Å²) in [5.41, 5.74) is 2.75. The highest BCUT2D eigenvalue weighted by atomic mass is 32.2. The molecule has 3 rings (SSSR count). The van der Waals surface area contributed by atoms with Crippen molar-refractivity contribution in [2.24, 2.45) is 0 Å². The third-order valence-corrected chi connectivity index (χ3v) is 7.11. The number of fused-ring (bicyclic) bond motifs is 1. The van der Waals surface area contributed by atoms with Gasteiger partial charge in [-0.3, -0.25) is 0 Å². The van der Waals surface area contributed by atoms with Crippen molar-refractivity contribution in [2.45, 2.75) is 43.7 Å². The Morgan fingerprint density at radius 2 is 1.84 bits per heavy atom. The average molecular weight is 469 g/mol. The lowest BCUT2D eigenvalue weighted by molar-refractivity contribution is 0.115. The molecule has 0 saturated heterocycles. The van der Waals surface area contributed by atoms with E-state index in [0.29, 0.717) is 11.6 Å². The molecule has 2 aromatic carbocycles. The van der Waals surface area contributed by atoms with Crippen LogP contribution in [-0.4, -0.2) is 49.2 Å². The lowest BCUT2D eigenvalue weighted by atomic mass is 9.97. The molecule has 174 valence electrons. The number of aliphatic hydroxyl groups excluding tert-OH is 1. The second-order valence-electron chi connectivity index (χ2n) is 8.01. The monoisotopic (exact) mass is 468 g/mol. The Morgan fingerprint density at radius 3 is 2.47 bits per heavy atom. The van der Waals surface area contributed by atoms with Gasteiger partial charge in [0, 0.05) is 18.7 Å². The zero-order chi connectivity index (χ0) is 23.5. The van der Waals surface area contributed by atoms with Gasteiger partial charge >= 0.3 is 6.09 Å². The number of aliphatic hydroxyl groups is 1. The summed E-state index contributed by atoms with van der Waals surface area (Å²) in [5, 5.41) is 25.0. The Bertz CT molecular complexity index is 1070. The predicted octanol–water partition coefficient (Wildman–Crippen LogP) is 2.33. The van der Waals surface area contributed by atoms with Crippen LogP contribution < -0.4 is 10.6 Å². The Morgan fingerprint density at radius 1 is 1.16 bits per heavy atom. The van der Waals surface area contributed by atoms with Gasteiger partial charge in [0.1, 0.15) is 11.6 Å². The minimum absolute atomic E-state index is 0.0542. The van der Waals surface area contributed by atoms with Crippen LogP contribution in [0.1, 0.15) is 35.2 Å². The third-order valence-electron chi connectivity index (χ3n) is 5.51. The van der Waals surface area contributed by atoms with E-state index in [4.69, 9.17) is 5.11 Å². The van der Waals surface area contributed by atoms with Crippen LogP contribution in [0.2, 0.25) is 0 Å². The van der Waals surface area contributed by atoms with Crippen molar-refractivity contribution in [1.82, 2.24) is 10.6 Å². The van der Waals surface area contributed by atoms with Crippen molar-refractivity contribution in [3.8, 4) is 0 Å². The number of nitrogens with one attached hydrogen (secondary N) is 2. The topological polar surface area (TPSA) is 116 Å². The Hall–Kier alpha value is -2.56. The van der Waals surface area contributed by atoms with Crippen molar-refractivity contribution < 1.29 is 32.2 Å². The van der Waals surface area contributed by atoms with Gasteiger partial charge < -0.3 is 20.8 Å². The summed E-state index contributed by atoms with van der Waals surface area (Å²) >= 11 is 0. The minimum Gasteiger partial charge on any atom is -0.465 e. The maximum Gasteiger partial charge on any atom is 0.404 e. The molecular weight excluding hydrogens is 442 g/mol. The molecule has 10 heteroatoms. The minimum atomic E-state index is -3.35. The van der Waals surface area contributed by atoms with E-state index >= 15 is 0 Å². The molecular formula is C22H26F2N2O5S. The van der Waals surface area contributed by atoms with Crippen LogP contribution in [0.15, 0.2) is 36.4 Å². The Balaban J connectivity index is 1.76. The van der Waals surface area contributed by atoms with E-state index in [9.17, 15) is 27.1 Å². The molecule has 2 aromatic rings. The second kappa shape index (κ2) is 9.93. The number of benzene rings is 2. The van der Waals surface area contributed by atoms with Gasteiger partial charge in [0.2, 0.25) is 0 Å². The van der Waals surface area contributed by atoms with Crippen LogP contribution in [-0.2, 0) is 28.4 Å². The van der Waals surface area contributed by atoms with Gasteiger partial charge in [-0.1, -0.05) is 25.1 Å². The molecule has 32 heavy (non-hydrogen) atoms. The fraction of sp³-hybridized carbons (Fsp3) is 0.409. The van der Waals surface area contributed by atoms with Gasteiger partial charge in [-0.2, -0.15) is 0 Å². The summed E-state index contributed by atoms with van der Waals surface area (Å²) in [6, 6.07) is 6.82. The zero-order valence-corrected chi connectivity index (χ0v) is 18.3. The Kier molecular flexibility index (Phi) is 7.47. The first-order chi connectivity index (χ1) is 15.1. The van der Waals surface area contributed by atoms with E-state index in [0.717, 1.165) is 29.7 Å². The molecule has 0 fully saturated rings. The second-order valence-corrected chi connectivity index (χ2v) is 10.1. The summed E-state index contributed by atoms with van der Waals surface area (Å²) in [6.45, 7) is 1.86. The lowest BCUT2D eigenvalue weighted by Gasteiger charge is -2.30. The van der Waals surface area contributed by atoms with Crippen molar-refractivity contribution in [3.63, 3.8) is 0 Å². The largest absolute Gasteiger partial charge is 0.465 e. The number of carboxylic acid groups (broad SMARTS) is 1. The van der Waals surface area contributed by atoms with Crippen molar-refractivity contribution >= 4 is 15.9 Å². The predicted molar refractivity (Wildman–Crippen MR) is 115 cm³/mol. The van der Waals surface area contributed by atoms with Gasteiger partial charge in [0.25, 0.3) is 0 Å². The average Bonchev–Trinajstić information content (AvgIpc) is 2.69. The summed E-state index contributed by atoms with van der Waals surface area (Å²) in [5.74, 6) is -1.82. The first kappa shape index (κ1) is 24.1. The number of hydrogen-bond acceptors (Lipinski definition) is 5. The summed E-state index contributed by atoms with van der Waals surface area (Å²) < 4.78 is 51.7. The van der Waals surface area contributed by atoms with Gasteiger partial charge in [-0.15, -0.1) is 0 Å². The fourth-order valence-corrected chi connectivity index (χ4v) is 5.62. The van der Waals surface area contributed by atoms with Crippen molar-refractivity contribution in [2.75, 3.05) is 12.3 Å². The van der Waals surface area contributed by atoms with Gasteiger partial charge in [0.15, 0.2) is 9.84 Å². The summed E-state index contributed by atoms with van der Waals surface area (Å²) in [6.07, 6.45) is -2.04. The smallest absolute Gasteiger partial charge is 0.404 e. The van der Waals surface area contributed by atoms with Gasteiger partial charge in [-0.25, -0.2) is 22.0 Å². The molecule has 1 aliphatic heterocycles. The van der Waals surface area contributed by atoms with Gasteiger partial charge in [-0.05, 0) is 47.2 Å². The highest BCUT2D eigenvalue weighted by molar-refractivity contribution is 7.90.